The number of carboxylic acids is 1. The summed E-state index contributed by atoms with van der Waals surface area (Å²) in [6, 6.07) is 13.7. The lowest BCUT2D eigenvalue weighted by Crippen LogP contribution is -2.33. The van der Waals surface area contributed by atoms with E-state index in [2.05, 4.69) is 13.8 Å². The molecule has 43 heavy (non-hydrogen) atoms. The van der Waals surface area contributed by atoms with Gasteiger partial charge in [0, 0.05) is 5.56 Å². The van der Waals surface area contributed by atoms with Crippen LogP contribution in [0.25, 0.3) is 16.8 Å². The topological polar surface area (TPSA) is 127 Å². The average Bonchev–Trinajstić information content (AvgIpc) is 2.96. The number of aryl methyl sites for hydroxylation is 1. The Morgan fingerprint density at radius 3 is 2.19 bits per heavy atom. The summed E-state index contributed by atoms with van der Waals surface area (Å²) in [5.74, 6) is 0.0418. The van der Waals surface area contributed by atoms with Gasteiger partial charge in [0.05, 0.1) is 0 Å². The lowest BCUT2D eigenvalue weighted by molar-refractivity contribution is 0.0695. The zero-order valence-corrected chi connectivity index (χ0v) is 25.9. The van der Waals surface area contributed by atoms with Crippen LogP contribution < -0.4 is 4.74 Å². The summed E-state index contributed by atoms with van der Waals surface area (Å²) in [6.07, 6.45) is 6.31. The van der Waals surface area contributed by atoms with Crippen LogP contribution in [-0.2, 0) is 12.8 Å². The normalized spacial score (nSPS) is 13.3. The average molecular weight is 587 g/mol. The lowest BCUT2D eigenvalue weighted by atomic mass is 9.88. The molecule has 5 rings (SSSR count). The summed E-state index contributed by atoms with van der Waals surface area (Å²) in [4.78, 5) is 11.1. The molecule has 0 fully saturated rings. The number of fused-ring (bicyclic) bond motifs is 2. The molecule has 0 amide bonds. The first-order chi connectivity index (χ1) is 20.2. The Bertz CT molecular complexity index is 1670. The second-order valence-corrected chi connectivity index (χ2v) is 11.3. The minimum atomic E-state index is -1.09. The number of allylic oxidation sites excluding steroid dienone is 1. The highest BCUT2D eigenvalue weighted by Crippen LogP contribution is 2.43. The minimum absolute atomic E-state index is 0.00468. The molecular formula is C36H42O7. The van der Waals surface area contributed by atoms with Crippen molar-refractivity contribution in [2.24, 2.45) is 0 Å². The fourth-order valence-electron chi connectivity index (χ4n) is 5.08. The number of hydrogen-bond donors (Lipinski definition) is 5. The van der Waals surface area contributed by atoms with Gasteiger partial charge in [-0.05, 0) is 118 Å². The van der Waals surface area contributed by atoms with Gasteiger partial charge in [-0.2, -0.15) is 0 Å². The third kappa shape index (κ3) is 7.41. The van der Waals surface area contributed by atoms with Gasteiger partial charge in [-0.25, -0.2) is 4.79 Å². The molecule has 1 heterocycles. The van der Waals surface area contributed by atoms with Crippen molar-refractivity contribution in [2.45, 2.75) is 73.3 Å². The van der Waals surface area contributed by atoms with Crippen molar-refractivity contribution in [3.63, 3.8) is 0 Å². The number of aromatic hydroxyl groups is 4. The van der Waals surface area contributed by atoms with Crippen molar-refractivity contribution in [1.82, 2.24) is 0 Å². The molecule has 1 aliphatic rings. The largest absolute Gasteiger partial charge is 0.507 e. The van der Waals surface area contributed by atoms with Crippen molar-refractivity contribution >= 4 is 22.8 Å². The van der Waals surface area contributed by atoms with Crippen LogP contribution in [0, 0.1) is 20.8 Å². The standard InChI is InChI=1S/C14H20O2.C13H12O3.C9H10O2/c1-8-9(2)13-11(10(3)12(8)15)6-7-14(4,5)16-13;1-2-8-7-9-5-3-4-6-10(9)11(12(8)14)13(15)16;1-2-3-7-4-5-8(10)9(11)6-7/h15H,6-7H2,1-5H3;3-7,14H,2H2,1H3,(H,15,16);2-6,10-11H,1H3/b;;3-2+. The fourth-order valence-corrected chi connectivity index (χ4v) is 5.08. The first kappa shape index (κ1) is 32.9. The molecule has 0 saturated heterocycles. The number of phenolic OH excluding ortho intramolecular Hbond substituents is 3. The summed E-state index contributed by atoms with van der Waals surface area (Å²) in [6.45, 7) is 14.0. The summed E-state index contributed by atoms with van der Waals surface area (Å²) in [7, 11) is 0. The molecule has 228 valence electrons. The summed E-state index contributed by atoms with van der Waals surface area (Å²) >= 11 is 0. The van der Waals surface area contributed by atoms with Gasteiger partial charge in [0.25, 0.3) is 0 Å². The van der Waals surface area contributed by atoms with E-state index in [1.807, 2.05) is 65.0 Å². The maximum absolute atomic E-state index is 11.1. The highest BCUT2D eigenvalue weighted by atomic mass is 16.5. The Morgan fingerprint density at radius 1 is 0.907 bits per heavy atom. The number of phenols is 4. The monoisotopic (exact) mass is 586 g/mol. The van der Waals surface area contributed by atoms with Crippen LogP contribution in [0.3, 0.4) is 0 Å². The molecule has 0 radical (unpaired) electrons. The SMILES string of the molecule is C/C=C/c1ccc(O)c(O)c1.CCc1cc2ccccc2c(C(=O)O)c1O.Cc1c(C)c2c(c(C)c1O)CCC(C)(C)O2. The second kappa shape index (κ2) is 13.6. The van der Waals surface area contributed by atoms with Gasteiger partial charge in [-0.1, -0.05) is 49.4 Å². The second-order valence-electron chi connectivity index (χ2n) is 11.3. The molecular weight excluding hydrogens is 544 g/mol. The van der Waals surface area contributed by atoms with Gasteiger partial charge in [0.15, 0.2) is 11.5 Å². The number of carboxylic acid groups (broad SMARTS) is 1. The molecule has 7 heteroatoms. The van der Waals surface area contributed by atoms with E-state index in [4.69, 9.17) is 20.1 Å². The van der Waals surface area contributed by atoms with E-state index in [-0.39, 0.29) is 28.4 Å². The van der Waals surface area contributed by atoms with Crippen LogP contribution in [0.15, 0.2) is 54.6 Å². The molecule has 0 spiro atoms. The van der Waals surface area contributed by atoms with Crippen LogP contribution >= 0.6 is 0 Å². The van der Waals surface area contributed by atoms with Gasteiger partial charge >= 0.3 is 5.97 Å². The summed E-state index contributed by atoms with van der Waals surface area (Å²) in [5.41, 5.74) is 5.62. The molecule has 7 nitrogen and oxygen atoms in total. The maximum Gasteiger partial charge on any atom is 0.340 e. The van der Waals surface area contributed by atoms with Gasteiger partial charge in [0.1, 0.15) is 28.4 Å². The Kier molecular flexibility index (Phi) is 10.4. The Labute approximate surface area is 253 Å². The Hall–Kier alpha value is -4.65. The van der Waals surface area contributed by atoms with Gasteiger partial charge in [0.2, 0.25) is 0 Å². The summed E-state index contributed by atoms with van der Waals surface area (Å²) < 4.78 is 6.06. The van der Waals surface area contributed by atoms with Crippen LogP contribution in [0.1, 0.15) is 77.9 Å². The third-order valence-corrected chi connectivity index (χ3v) is 7.75. The lowest BCUT2D eigenvalue weighted by Gasteiger charge is -2.35. The number of benzene rings is 4. The van der Waals surface area contributed by atoms with E-state index < -0.39 is 5.97 Å². The van der Waals surface area contributed by atoms with E-state index in [1.54, 1.807) is 18.2 Å². The number of rotatable bonds is 3. The van der Waals surface area contributed by atoms with Crippen LogP contribution in [0.2, 0.25) is 0 Å². The van der Waals surface area contributed by atoms with Crippen LogP contribution in [0.5, 0.6) is 28.7 Å². The Morgan fingerprint density at radius 2 is 1.58 bits per heavy atom. The van der Waals surface area contributed by atoms with Crippen LogP contribution in [-0.4, -0.2) is 37.1 Å². The van der Waals surface area contributed by atoms with Crippen molar-refractivity contribution in [1.29, 1.82) is 0 Å². The molecule has 4 aromatic carbocycles. The highest BCUT2D eigenvalue weighted by Gasteiger charge is 2.30. The van der Waals surface area contributed by atoms with E-state index in [0.717, 1.165) is 46.2 Å². The van der Waals surface area contributed by atoms with E-state index in [9.17, 15) is 15.0 Å². The maximum atomic E-state index is 11.1. The molecule has 0 aromatic heterocycles. The van der Waals surface area contributed by atoms with E-state index in [0.29, 0.717) is 23.1 Å². The quantitative estimate of drug-likeness (QED) is 0.153. The zero-order chi connectivity index (χ0) is 32.1. The van der Waals surface area contributed by atoms with Crippen molar-refractivity contribution in [3.8, 4) is 28.7 Å². The van der Waals surface area contributed by atoms with Gasteiger partial charge < -0.3 is 30.3 Å². The van der Waals surface area contributed by atoms with E-state index >= 15 is 0 Å². The van der Waals surface area contributed by atoms with Gasteiger partial charge in [-0.3, -0.25) is 0 Å². The zero-order valence-electron chi connectivity index (χ0n) is 25.9. The smallest absolute Gasteiger partial charge is 0.340 e. The molecule has 0 saturated carbocycles. The predicted octanol–water partition coefficient (Wildman–Crippen LogP) is 8.36. The van der Waals surface area contributed by atoms with Crippen molar-refractivity contribution in [2.75, 3.05) is 0 Å². The molecule has 1 aliphatic heterocycles. The molecule has 4 aromatic rings. The van der Waals surface area contributed by atoms with Crippen LogP contribution in [0.4, 0.5) is 0 Å². The highest BCUT2D eigenvalue weighted by molar-refractivity contribution is 6.06. The summed E-state index contributed by atoms with van der Waals surface area (Å²) in [5, 5.41) is 48.4. The molecule has 0 bridgehead atoms. The molecule has 5 N–H and O–H groups in total. The molecule has 0 aliphatic carbocycles. The number of aromatic carboxylic acids is 1. The third-order valence-electron chi connectivity index (χ3n) is 7.75. The van der Waals surface area contributed by atoms with Crippen molar-refractivity contribution in [3.05, 3.63) is 93.6 Å². The fraction of sp³-hybridized carbons (Fsp3) is 0.306. The van der Waals surface area contributed by atoms with Crippen molar-refractivity contribution < 1.29 is 35.1 Å². The number of carbonyl (C=O) groups is 1. The predicted molar refractivity (Wildman–Crippen MR) is 172 cm³/mol. The first-order valence-electron chi connectivity index (χ1n) is 14.3. The number of hydrogen-bond acceptors (Lipinski definition) is 6. The molecule has 0 atom stereocenters. The number of ether oxygens (including phenoxy) is 1. The van der Waals surface area contributed by atoms with Gasteiger partial charge in [-0.15, -0.1) is 0 Å². The minimum Gasteiger partial charge on any atom is -0.507 e. The molecule has 0 unspecified atom stereocenters. The van der Waals surface area contributed by atoms with E-state index in [1.165, 1.54) is 17.7 Å². The first-order valence-corrected chi connectivity index (χ1v) is 14.3. The Balaban J connectivity index is 0.000000180.